The predicted molar refractivity (Wildman–Crippen MR) is 120 cm³/mol. The number of methoxy groups -OCH3 is 1. The van der Waals surface area contributed by atoms with Gasteiger partial charge in [-0.1, -0.05) is 19.1 Å². The molecule has 1 N–H and O–H groups in total. The molecule has 1 amide bonds. The SMILES string of the molecule is CCNS(=O)(=O)c1cc(C(=O)N2CCN(c3ccccc3OC)CC2)ccc1OCC. The topological polar surface area (TPSA) is 88.2 Å². The number of benzene rings is 2. The highest BCUT2D eigenvalue weighted by Gasteiger charge is 2.26. The highest BCUT2D eigenvalue weighted by Crippen LogP contribution is 2.29. The number of ether oxygens (including phenoxy) is 2. The zero-order valence-corrected chi connectivity index (χ0v) is 18.9. The molecule has 1 heterocycles. The van der Waals surface area contributed by atoms with Crippen molar-refractivity contribution in [2.45, 2.75) is 18.7 Å². The van der Waals surface area contributed by atoms with Gasteiger partial charge < -0.3 is 19.3 Å². The smallest absolute Gasteiger partial charge is 0.254 e. The lowest BCUT2D eigenvalue weighted by Crippen LogP contribution is -2.48. The maximum Gasteiger partial charge on any atom is 0.254 e. The molecule has 1 fully saturated rings. The van der Waals surface area contributed by atoms with Crippen LogP contribution in [0.25, 0.3) is 0 Å². The first-order valence-electron chi connectivity index (χ1n) is 10.3. The molecule has 1 saturated heterocycles. The third-order valence-corrected chi connectivity index (χ3v) is 6.67. The molecule has 2 aromatic carbocycles. The van der Waals surface area contributed by atoms with Gasteiger partial charge in [0, 0.05) is 38.3 Å². The summed E-state index contributed by atoms with van der Waals surface area (Å²) in [5, 5.41) is 0. The fourth-order valence-corrected chi connectivity index (χ4v) is 4.83. The van der Waals surface area contributed by atoms with Gasteiger partial charge in [0.2, 0.25) is 10.0 Å². The van der Waals surface area contributed by atoms with Gasteiger partial charge in [-0.05, 0) is 37.3 Å². The van der Waals surface area contributed by atoms with Gasteiger partial charge in [0.15, 0.2) is 0 Å². The fraction of sp³-hybridized carbons (Fsp3) is 0.409. The van der Waals surface area contributed by atoms with Crippen LogP contribution in [0.4, 0.5) is 5.69 Å². The average molecular weight is 448 g/mol. The number of carbonyl (C=O) groups is 1. The Hall–Kier alpha value is -2.78. The minimum Gasteiger partial charge on any atom is -0.495 e. The van der Waals surface area contributed by atoms with Crippen LogP contribution in [0.1, 0.15) is 24.2 Å². The number of sulfonamides is 1. The van der Waals surface area contributed by atoms with E-state index < -0.39 is 10.0 Å². The monoisotopic (exact) mass is 447 g/mol. The molecule has 31 heavy (non-hydrogen) atoms. The zero-order chi connectivity index (χ0) is 22.4. The normalized spacial score (nSPS) is 14.4. The first kappa shape index (κ1) is 22.9. The Bertz CT molecular complexity index is 1020. The summed E-state index contributed by atoms with van der Waals surface area (Å²) in [6, 6.07) is 12.4. The van der Waals surface area contributed by atoms with E-state index in [0.717, 1.165) is 11.4 Å². The number of anilines is 1. The molecule has 3 rings (SSSR count). The third kappa shape index (κ3) is 5.11. The highest BCUT2D eigenvalue weighted by molar-refractivity contribution is 7.89. The van der Waals surface area contributed by atoms with Gasteiger partial charge >= 0.3 is 0 Å². The Labute approximate surface area is 183 Å². The zero-order valence-electron chi connectivity index (χ0n) is 18.1. The van der Waals surface area contributed by atoms with E-state index in [-0.39, 0.29) is 23.1 Å². The van der Waals surface area contributed by atoms with Gasteiger partial charge in [-0.15, -0.1) is 0 Å². The predicted octanol–water partition coefficient (Wildman–Crippen LogP) is 2.35. The average Bonchev–Trinajstić information content (AvgIpc) is 2.79. The van der Waals surface area contributed by atoms with Crippen molar-refractivity contribution in [1.82, 2.24) is 9.62 Å². The number of para-hydroxylation sites is 2. The number of piperazine rings is 1. The Morgan fingerprint density at radius 3 is 2.39 bits per heavy atom. The van der Waals surface area contributed by atoms with Crippen molar-refractivity contribution < 1.29 is 22.7 Å². The maximum atomic E-state index is 13.1. The molecule has 1 aliphatic rings. The molecule has 0 saturated carbocycles. The first-order valence-corrected chi connectivity index (χ1v) is 11.8. The van der Waals surface area contributed by atoms with Crippen molar-refractivity contribution in [2.75, 3.05) is 51.3 Å². The van der Waals surface area contributed by atoms with Crippen molar-refractivity contribution in [3.8, 4) is 11.5 Å². The van der Waals surface area contributed by atoms with E-state index in [1.54, 1.807) is 38.0 Å². The van der Waals surface area contributed by atoms with Crippen LogP contribution >= 0.6 is 0 Å². The van der Waals surface area contributed by atoms with Crippen LogP contribution in [0.15, 0.2) is 47.4 Å². The molecular weight excluding hydrogens is 418 g/mol. The molecule has 168 valence electrons. The van der Waals surface area contributed by atoms with E-state index in [1.807, 2.05) is 24.3 Å². The lowest BCUT2D eigenvalue weighted by atomic mass is 10.1. The van der Waals surface area contributed by atoms with Gasteiger partial charge in [-0.3, -0.25) is 4.79 Å². The molecule has 2 aromatic rings. The van der Waals surface area contributed by atoms with Crippen LogP contribution in [0.3, 0.4) is 0 Å². The van der Waals surface area contributed by atoms with E-state index >= 15 is 0 Å². The Morgan fingerprint density at radius 1 is 1.03 bits per heavy atom. The van der Waals surface area contributed by atoms with Crippen molar-refractivity contribution in [3.05, 3.63) is 48.0 Å². The summed E-state index contributed by atoms with van der Waals surface area (Å²) >= 11 is 0. The summed E-state index contributed by atoms with van der Waals surface area (Å²) < 4.78 is 38.6. The number of rotatable bonds is 8. The number of hydrogen-bond donors (Lipinski definition) is 1. The van der Waals surface area contributed by atoms with E-state index in [1.165, 1.54) is 6.07 Å². The number of nitrogens with one attached hydrogen (secondary N) is 1. The maximum absolute atomic E-state index is 13.1. The number of nitrogens with zero attached hydrogens (tertiary/aromatic N) is 2. The molecule has 0 atom stereocenters. The second-order valence-corrected chi connectivity index (χ2v) is 8.78. The molecule has 8 nitrogen and oxygen atoms in total. The Balaban J connectivity index is 1.78. The van der Waals surface area contributed by atoms with E-state index in [0.29, 0.717) is 38.3 Å². The number of amides is 1. The number of carbonyl (C=O) groups excluding carboxylic acids is 1. The molecule has 0 unspecified atom stereocenters. The van der Waals surface area contributed by atoms with E-state index in [9.17, 15) is 13.2 Å². The summed E-state index contributed by atoms with van der Waals surface area (Å²) in [7, 11) is -2.13. The summed E-state index contributed by atoms with van der Waals surface area (Å²) in [5.41, 5.74) is 1.32. The molecule has 1 aliphatic heterocycles. The van der Waals surface area contributed by atoms with Crippen LogP contribution in [-0.4, -0.2) is 65.7 Å². The lowest BCUT2D eigenvalue weighted by molar-refractivity contribution is 0.0746. The largest absolute Gasteiger partial charge is 0.495 e. The standard InChI is InChI=1S/C22H29N3O5S/c1-4-23-31(27,28)21-16-17(10-11-20(21)30-5-2)22(26)25-14-12-24(13-15-25)18-8-6-7-9-19(18)29-3/h6-11,16,23H,4-5,12-15H2,1-3H3. The summed E-state index contributed by atoms with van der Waals surface area (Å²) in [6.45, 7) is 6.43. The molecule has 0 bridgehead atoms. The number of hydrogen-bond acceptors (Lipinski definition) is 6. The van der Waals surface area contributed by atoms with Gasteiger partial charge in [-0.25, -0.2) is 13.1 Å². The second kappa shape index (κ2) is 10.0. The van der Waals surface area contributed by atoms with Gasteiger partial charge in [0.25, 0.3) is 5.91 Å². The minimum atomic E-state index is -3.77. The first-order chi connectivity index (χ1) is 14.9. The third-order valence-electron chi connectivity index (χ3n) is 5.11. The Morgan fingerprint density at radius 2 is 1.74 bits per heavy atom. The summed E-state index contributed by atoms with van der Waals surface area (Å²) in [6.07, 6.45) is 0. The van der Waals surface area contributed by atoms with Crippen molar-refractivity contribution in [2.24, 2.45) is 0 Å². The van der Waals surface area contributed by atoms with E-state index in [4.69, 9.17) is 9.47 Å². The van der Waals surface area contributed by atoms with Gasteiger partial charge in [0.1, 0.15) is 16.4 Å². The molecular formula is C22H29N3O5S. The lowest BCUT2D eigenvalue weighted by Gasteiger charge is -2.36. The highest BCUT2D eigenvalue weighted by atomic mass is 32.2. The molecule has 9 heteroatoms. The minimum absolute atomic E-state index is 0.0188. The summed E-state index contributed by atoms with van der Waals surface area (Å²) in [4.78, 5) is 17.0. The molecule has 0 radical (unpaired) electrons. The molecule has 0 aromatic heterocycles. The fourth-order valence-electron chi connectivity index (χ4n) is 3.62. The van der Waals surface area contributed by atoms with Crippen LogP contribution in [0.5, 0.6) is 11.5 Å². The van der Waals surface area contributed by atoms with Crippen LogP contribution in [-0.2, 0) is 10.0 Å². The van der Waals surface area contributed by atoms with Crippen LogP contribution in [0.2, 0.25) is 0 Å². The summed E-state index contributed by atoms with van der Waals surface area (Å²) in [5.74, 6) is 0.837. The molecule has 0 spiro atoms. The van der Waals surface area contributed by atoms with Crippen molar-refractivity contribution >= 4 is 21.6 Å². The van der Waals surface area contributed by atoms with Crippen LogP contribution in [0, 0.1) is 0 Å². The van der Waals surface area contributed by atoms with Crippen molar-refractivity contribution in [1.29, 1.82) is 0 Å². The van der Waals surface area contributed by atoms with E-state index in [2.05, 4.69) is 9.62 Å². The Kier molecular flexibility index (Phi) is 7.40. The van der Waals surface area contributed by atoms with Gasteiger partial charge in [0.05, 0.1) is 19.4 Å². The van der Waals surface area contributed by atoms with Crippen LogP contribution < -0.4 is 19.1 Å². The molecule has 0 aliphatic carbocycles. The van der Waals surface area contributed by atoms with Gasteiger partial charge in [-0.2, -0.15) is 0 Å². The quantitative estimate of drug-likeness (QED) is 0.668. The van der Waals surface area contributed by atoms with Crippen molar-refractivity contribution in [3.63, 3.8) is 0 Å². The second-order valence-electron chi connectivity index (χ2n) is 7.05.